The van der Waals surface area contributed by atoms with Gasteiger partial charge in [0.1, 0.15) is 10.8 Å². The van der Waals surface area contributed by atoms with Crippen LogP contribution in [0.5, 0.6) is 0 Å². The number of Topliss-reactive ketones (excluding diaryl/α,β-unsaturated/α-hetero) is 2. The summed E-state index contributed by atoms with van der Waals surface area (Å²) in [5.74, 6) is -0.0607. The minimum absolute atomic E-state index is 0.135. The molecule has 26 heavy (non-hydrogen) atoms. The van der Waals surface area contributed by atoms with Gasteiger partial charge in [0.05, 0.1) is 10.3 Å². The van der Waals surface area contributed by atoms with Gasteiger partial charge in [-0.2, -0.15) is 0 Å². The number of hydrogen-bond acceptors (Lipinski definition) is 5. The smallest absolute Gasteiger partial charge is 0.238 e. The van der Waals surface area contributed by atoms with E-state index in [4.69, 9.17) is 4.42 Å². The summed E-state index contributed by atoms with van der Waals surface area (Å²) in [7, 11) is 0. The molecule has 2 heterocycles. The topological polar surface area (TPSA) is 60.2 Å². The van der Waals surface area contributed by atoms with E-state index in [0.717, 1.165) is 15.3 Å². The number of rotatable bonds is 2. The number of carbonyl (C=O) groups is 2. The van der Waals surface area contributed by atoms with Crippen molar-refractivity contribution in [2.24, 2.45) is 0 Å². The fourth-order valence-corrected chi connectivity index (χ4v) is 4.01. The number of ketones is 2. The first-order valence-electron chi connectivity index (χ1n) is 8.06. The number of hydrogen-bond donors (Lipinski definition) is 0. The highest BCUT2D eigenvalue weighted by molar-refractivity contribution is 7.21. The Morgan fingerprint density at radius 2 is 1.54 bits per heavy atom. The third kappa shape index (κ3) is 2.25. The Bertz CT molecular complexity index is 1150. The lowest BCUT2D eigenvalue weighted by atomic mass is 10.1. The molecule has 0 N–H and O–H groups in total. The van der Waals surface area contributed by atoms with Gasteiger partial charge in [0.2, 0.25) is 5.71 Å². The first kappa shape index (κ1) is 15.0. The van der Waals surface area contributed by atoms with Gasteiger partial charge in [-0.25, -0.2) is 4.98 Å². The number of aromatic nitrogens is 1. The number of fused-ring (bicyclic) bond motifs is 2. The standard InChI is InChI=1S/C21H11NO3S/c23-18-14-8-4-5-9-15(14)19(24)16(18)10-13-11-17-20(25-13)22-21(26-17)12-6-2-1-3-7-12/h1-11H. The van der Waals surface area contributed by atoms with Crippen LogP contribution >= 0.6 is 11.3 Å². The van der Waals surface area contributed by atoms with Crippen molar-refractivity contribution in [2.75, 3.05) is 0 Å². The fourth-order valence-electron chi connectivity index (χ4n) is 3.07. The molecule has 1 aliphatic rings. The summed E-state index contributed by atoms with van der Waals surface area (Å²) in [4.78, 5) is 29.4. The van der Waals surface area contributed by atoms with Gasteiger partial charge in [0.25, 0.3) is 0 Å². The van der Waals surface area contributed by atoms with Crippen molar-refractivity contribution < 1.29 is 14.0 Å². The molecule has 0 saturated heterocycles. The minimum atomic E-state index is -0.261. The quantitative estimate of drug-likeness (QED) is 0.373. The Kier molecular flexibility index (Phi) is 3.23. The summed E-state index contributed by atoms with van der Waals surface area (Å²) in [5.41, 5.74) is 2.57. The number of thiazole rings is 1. The van der Waals surface area contributed by atoms with Gasteiger partial charge in [0.15, 0.2) is 11.6 Å². The van der Waals surface area contributed by atoms with Crippen LogP contribution in [0.25, 0.3) is 27.1 Å². The first-order chi connectivity index (χ1) is 12.7. The highest BCUT2D eigenvalue weighted by Gasteiger charge is 2.32. The highest BCUT2D eigenvalue weighted by atomic mass is 32.1. The third-order valence-electron chi connectivity index (χ3n) is 4.32. The van der Waals surface area contributed by atoms with Crippen molar-refractivity contribution in [3.63, 3.8) is 0 Å². The lowest BCUT2D eigenvalue weighted by molar-refractivity contribution is 0.0990. The monoisotopic (exact) mass is 357 g/mol. The minimum Gasteiger partial charge on any atom is -0.437 e. The molecule has 124 valence electrons. The molecular formula is C21H11NO3S. The maximum Gasteiger partial charge on any atom is 0.238 e. The van der Waals surface area contributed by atoms with E-state index in [-0.39, 0.29) is 17.1 Å². The SMILES string of the molecule is O=C1C(=Cc2cc3sc(-c4ccccc4)nc3o2)C(=O)c2ccccc21. The molecule has 0 atom stereocenters. The largest absolute Gasteiger partial charge is 0.437 e. The Morgan fingerprint density at radius 3 is 2.19 bits per heavy atom. The maximum absolute atomic E-state index is 12.5. The highest BCUT2D eigenvalue weighted by Crippen LogP contribution is 2.34. The van der Waals surface area contributed by atoms with E-state index in [2.05, 4.69) is 4.98 Å². The van der Waals surface area contributed by atoms with Gasteiger partial charge >= 0.3 is 0 Å². The summed E-state index contributed by atoms with van der Waals surface area (Å²) in [6.07, 6.45) is 1.52. The van der Waals surface area contributed by atoms with Crippen LogP contribution < -0.4 is 0 Å². The van der Waals surface area contributed by atoms with Crippen LogP contribution in [0.15, 0.2) is 70.7 Å². The predicted octanol–water partition coefficient (Wildman–Crippen LogP) is 5.02. The number of carbonyl (C=O) groups excluding carboxylic acids is 2. The normalized spacial score (nSPS) is 13.5. The average Bonchev–Trinajstić information content (AvgIpc) is 3.30. The summed E-state index contributed by atoms with van der Waals surface area (Å²) < 4.78 is 6.63. The Labute approximate surface area is 152 Å². The van der Waals surface area contributed by atoms with Gasteiger partial charge in [-0.3, -0.25) is 9.59 Å². The summed E-state index contributed by atoms with van der Waals surface area (Å²) >= 11 is 1.51. The number of allylic oxidation sites excluding steroid dienone is 1. The zero-order valence-corrected chi connectivity index (χ0v) is 14.2. The van der Waals surface area contributed by atoms with Gasteiger partial charge in [0, 0.05) is 22.8 Å². The second-order valence-electron chi connectivity index (χ2n) is 5.97. The summed E-state index contributed by atoms with van der Waals surface area (Å²) in [6, 6.07) is 18.5. The lowest BCUT2D eigenvalue weighted by Crippen LogP contribution is -1.99. The van der Waals surface area contributed by atoms with Crippen LogP contribution in [0, 0.1) is 0 Å². The zero-order chi connectivity index (χ0) is 17.7. The molecule has 0 amide bonds. The van der Waals surface area contributed by atoms with Gasteiger partial charge < -0.3 is 4.42 Å². The molecule has 4 aromatic rings. The molecule has 5 heteroatoms. The van der Waals surface area contributed by atoms with Crippen LogP contribution in [0.2, 0.25) is 0 Å². The van der Waals surface area contributed by atoms with E-state index in [1.54, 1.807) is 24.3 Å². The predicted molar refractivity (Wildman–Crippen MR) is 100 cm³/mol. The number of nitrogens with zero attached hydrogens (tertiary/aromatic N) is 1. The van der Waals surface area contributed by atoms with Crippen molar-refractivity contribution in [1.29, 1.82) is 0 Å². The molecule has 0 radical (unpaired) electrons. The molecule has 5 rings (SSSR count). The average molecular weight is 357 g/mol. The Morgan fingerprint density at radius 1 is 0.885 bits per heavy atom. The van der Waals surface area contributed by atoms with E-state index in [1.165, 1.54) is 17.4 Å². The molecule has 0 unspecified atom stereocenters. The Balaban J connectivity index is 1.53. The Hall–Kier alpha value is -3.31. The van der Waals surface area contributed by atoms with Crippen LogP contribution in [-0.4, -0.2) is 16.6 Å². The lowest BCUT2D eigenvalue weighted by Gasteiger charge is -1.93. The molecule has 0 spiro atoms. The maximum atomic E-state index is 12.5. The molecule has 4 nitrogen and oxygen atoms in total. The number of benzene rings is 2. The first-order valence-corrected chi connectivity index (χ1v) is 8.88. The van der Waals surface area contributed by atoms with Crippen LogP contribution in [-0.2, 0) is 0 Å². The van der Waals surface area contributed by atoms with Gasteiger partial charge in [-0.1, -0.05) is 54.6 Å². The van der Waals surface area contributed by atoms with E-state index >= 15 is 0 Å². The zero-order valence-electron chi connectivity index (χ0n) is 13.4. The molecule has 2 aromatic heterocycles. The second kappa shape index (κ2) is 5.61. The van der Waals surface area contributed by atoms with Gasteiger partial charge in [-0.05, 0) is 6.08 Å². The van der Waals surface area contributed by atoms with E-state index in [0.29, 0.717) is 22.6 Å². The molecule has 0 fully saturated rings. The molecule has 0 saturated carbocycles. The van der Waals surface area contributed by atoms with E-state index < -0.39 is 0 Å². The summed E-state index contributed by atoms with van der Waals surface area (Å²) in [6.45, 7) is 0. The van der Waals surface area contributed by atoms with Crippen LogP contribution in [0.4, 0.5) is 0 Å². The van der Waals surface area contributed by atoms with Crippen molar-refractivity contribution >= 4 is 39.4 Å². The van der Waals surface area contributed by atoms with Crippen molar-refractivity contribution in [3.05, 3.63) is 83.1 Å². The van der Waals surface area contributed by atoms with Crippen molar-refractivity contribution in [2.45, 2.75) is 0 Å². The number of furan rings is 1. The molecule has 2 aromatic carbocycles. The van der Waals surface area contributed by atoms with Crippen LogP contribution in [0.3, 0.4) is 0 Å². The molecule has 0 bridgehead atoms. The van der Waals surface area contributed by atoms with Crippen LogP contribution in [0.1, 0.15) is 26.5 Å². The molecule has 0 aliphatic heterocycles. The van der Waals surface area contributed by atoms with E-state index in [9.17, 15) is 9.59 Å². The molecule has 1 aliphatic carbocycles. The van der Waals surface area contributed by atoms with Crippen molar-refractivity contribution in [3.8, 4) is 10.6 Å². The summed E-state index contributed by atoms with van der Waals surface area (Å²) in [5, 5.41) is 0.874. The van der Waals surface area contributed by atoms with Crippen molar-refractivity contribution in [1.82, 2.24) is 4.98 Å². The second-order valence-corrected chi connectivity index (χ2v) is 7.00. The third-order valence-corrected chi connectivity index (χ3v) is 5.35. The molecular weight excluding hydrogens is 346 g/mol. The fraction of sp³-hybridized carbons (Fsp3) is 0. The van der Waals surface area contributed by atoms with Gasteiger partial charge in [-0.15, -0.1) is 11.3 Å². The van der Waals surface area contributed by atoms with E-state index in [1.807, 2.05) is 36.4 Å².